The van der Waals surface area contributed by atoms with Gasteiger partial charge in [0, 0.05) is 19.0 Å². The minimum Gasteiger partial charge on any atom is -0.396 e. The summed E-state index contributed by atoms with van der Waals surface area (Å²) in [5.41, 5.74) is 0.0360. The van der Waals surface area contributed by atoms with E-state index in [2.05, 4.69) is 4.72 Å². The number of aliphatic hydroxyl groups excluding tert-OH is 1. The Morgan fingerprint density at radius 3 is 2.50 bits per heavy atom. The van der Waals surface area contributed by atoms with Crippen molar-refractivity contribution in [3.8, 4) is 0 Å². The summed E-state index contributed by atoms with van der Waals surface area (Å²) in [7, 11) is -3.16. The van der Waals surface area contributed by atoms with E-state index in [9.17, 15) is 8.42 Å². The van der Waals surface area contributed by atoms with Gasteiger partial charge in [0.15, 0.2) is 0 Å². The van der Waals surface area contributed by atoms with Gasteiger partial charge < -0.3 is 5.11 Å². The van der Waals surface area contributed by atoms with E-state index in [1.807, 2.05) is 0 Å². The van der Waals surface area contributed by atoms with Crippen molar-refractivity contribution in [1.29, 1.82) is 0 Å². The molecule has 2 N–H and O–H groups in total. The maximum atomic E-state index is 11.6. The van der Waals surface area contributed by atoms with Gasteiger partial charge in [0.2, 0.25) is 10.0 Å². The van der Waals surface area contributed by atoms with Crippen LogP contribution in [0.1, 0.15) is 32.1 Å². The average Bonchev–Trinajstić information content (AvgIpc) is 2.97. The molecule has 0 aromatic rings. The molecule has 96 valence electrons. The summed E-state index contributed by atoms with van der Waals surface area (Å²) >= 11 is 5.49. The zero-order chi connectivity index (χ0) is 12.1. The van der Waals surface area contributed by atoms with Crippen molar-refractivity contribution >= 4 is 21.6 Å². The zero-order valence-corrected chi connectivity index (χ0v) is 11.0. The second-order valence-electron chi connectivity index (χ2n) is 4.51. The molecule has 0 saturated heterocycles. The zero-order valence-electron chi connectivity index (χ0n) is 9.41. The fourth-order valence-electron chi connectivity index (χ4n) is 1.65. The van der Waals surface area contributed by atoms with E-state index in [0.717, 1.165) is 19.3 Å². The highest BCUT2D eigenvalue weighted by molar-refractivity contribution is 7.89. The highest BCUT2D eigenvalue weighted by Crippen LogP contribution is 2.47. The van der Waals surface area contributed by atoms with Crippen LogP contribution in [0, 0.1) is 5.41 Å². The standard InChI is InChI=1S/C10H20ClNO3S/c11-6-1-2-8-16(14,15)12-9-10(3-4-10)5-7-13/h12-13H,1-9H2. The molecule has 0 unspecified atom stereocenters. The van der Waals surface area contributed by atoms with E-state index >= 15 is 0 Å². The van der Waals surface area contributed by atoms with Crippen LogP contribution in [0.5, 0.6) is 0 Å². The molecular formula is C10H20ClNO3S. The summed E-state index contributed by atoms with van der Waals surface area (Å²) < 4.78 is 25.8. The highest BCUT2D eigenvalue weighted by Gasteiger charge is 2.42. The second-order valence-corrected chi connectivity index (χ2v) is 6.81. The first-order valence-electron chi connectivity index (χ1n) is 5.68. The van der Waals surface area contributed by atoms with E-state index in [1.54, 1.807) is 0 Å². The van der Waals surface area contributed by atoms with Crippen LogP contribution in [0.3, 0.4) is 0 Å². The molecule has 1 aliphatic carbocycles. The van der Waals surface area contributed by atoms with Crippen molar-refractivity contribution in [2.45, 2.75) is 32.1 Å². The van der Waals surface area contributed by atoms with Gasteiger partial charge in [-0.05, 0) is 37.5 Å². The molecule has 0 radical (unpaired) electrons. The Morgan fingerprint density at radius 1 is 1.31 bits per heavy atom. The molecular weight excluding hydrogens is 250 g/mol. The number of nitrogens with one attached hydrogen (secondary N) is 1. The van der Waals surface area contributed by atoms with Crippen LogP contribution in [0.25, 0.3) is 0 Å². The van der Waals surface area contributed by atoms with Gasteiger partial charge in [-0.1, -0.05) is 0 Å². The predicted molar refractivity (Wildman–Crippen MR) is 65.1 cm³/mol. The molecule has 0 aromatic carbocycles. The van der Waals surface area contributed by atoms with E-state index in [0.29, 0.717) is 25.3 Å². The Balaban J connectivity index is 2.25. The summed E-state index contributed by atoms with van der Waals surface area (Å²) in [6.45, 7) is 0.602. The maximum Gasteiger partial charge on any atom is 0.211 e. The predicted octanol–water partition coefficient (Wildman–Crippen LogP) is 1.09. The lowest BCUT2D eigenvalue weighted by Crippen LogP contribution is -2.32. The van der Waals surface area contributed by atoms with Gasteiger partial charge in [0.05, 0.1) is 5.75 Å². The molecule has 0 bridgehead atoms. The van der Waals surface area contributed by atoms with E-state index < -0.39 is 10.0 Å². The summed E-state index contributed by atoms with van der Waals surface area (Å²) in [6, 6.07) is 0. The monoisotopic (exact) mass is 269 g/mol. The quantitative estimate of drug-likeness (QED) is 0.486. The van der Waals surface area contributed by atoms with Crippen LogP contribution in [0.4, 0.5) is 0 Å². The van der Waals surface area contributed by atoms with Crippen molar-refractivity contribution in [2.75, 3.05) is 24.8 Å². The maximum absolute atomic E-state index is 11.6. The lowest BCUT2D eigenvalue weighted by atomic mass is 10.0. The third-order valence-corrected chi connectivity index (χ3v) is 4.74. The summed E-state index contributed by atoms with van der Waals surface area (Å²) in [4.78, 5) is 0. The number of hydrogen-bond donors (Lipinski definition) is 2. The van der Waals surface area contributed by atoms with Crippen LogP contribution < -0.4 is 4.72 Å². The first-order chi connectivity index (χ1) is 7.54. The smallest absolute Gasteiger partial charge is 0.211 e. The molecule has 4 nitrogen and oxygen atoms in total. The fourth-order valence-corrected chi connectivity index (χ4v) is 3.09. The normalized spacial score (nSPS) is 18.6. The Bertz CT molecular complexity index is 301. The molecule has 16 heavy (non-hydrogen) atoms. The largest absolute Gasteiger partial charge is 0.396 e. The lowest BCUT2D eigenvalue weighted by molar-refractivity contribution is 0.249. The number of aliphatic hydroxyl groups is 1. The Hall–Kier alpha value is 0.160. The molecule has 0 spiro atoms. The molecule has 0 atom stereocenters. The van der Waals surface area contributed by atoms with Gasteiger partial charge in [0.25, 0.3) is 0 Å². The van der Waals surface area contributed by atoms with E-state index in [4.69, 9.17) is 16.7 Å². The van der Waals surface area contributed by atoms with Crippen molar-refractivity contribution in [3.05, 3.63) is 0 Å². The molecule has 0 heterocycles. The number of halogens is 1. The van der Waals surface area contributed by atoms with Crippen molar-refractivity contribution in [1.82, 2.24) is 4.72 Å². The summed E-state index contributed by atoms with van der Waals surface area (Å²) in [5.74, 6) is 0.652. The Kier molecular flexibility index (Phi) is 5.50. The highest BCUT2D eigenvalue weighted by atomic mass is 35.5. The molecule has 1 fully saturated rings. The number of hydrogen-bond acceptors (Lipinski definition) is 3. The van der Waals surface area contributed by atoms with Crippen LogP contribution in [0.15, 0.2) is 0 Å². The summed E-state index contributed by atoms with van der Waals surface area (Å²) in [6.07, 6.45) is 4.04. The van der Waals surface area contributed by atoms with Gasteiger partial charge in [0.1, 0.15) is 0 Å². The molecule has 6 heteroatoms. The van der Waals surface area contributed by atoms with Crippen molar-refractivity contribution in [2.24, 2.45) is 5.41 Å². The van der Waals surface area contributed by atoms with Crippen molar-refractivity contribution in [3.63, 3.8) is 0 Å². The SMILES string of the molecule is O=S(=O)(CCCCCl)NCC1(CCO)CC1. The first kappa shape index (κ1) is 14.2. The third kappa shape index (κ3) is 4.99. The fraction of sp³-hybridized carbons (Fsp3) is 1.00. The van der Waals surface area contributed by atoms with E-state index in [-0.39, 0.29) is 17.8 Å². The number of rotatable bonds is 9. The van der Waals surface area contributed by atoms with Crippen LogP contribution in [-0.4, -0.2) is 38.3 Å². The van der Waals surface area contributed by atoms with Crippen LogP contribution in [-0.2, 0) is 10.0 Å². The van der Waals surface area contributed by atoms with Crippen LogP contribution in [0.2, 0.25) is 0 Å². The number of alkyl halides is 1. The number of sulfonamides is 1. The van der Waals surface area contributed by atoms with Gasteiger partial charge in [-0.25, -0.2) is 13.1 Å². The molecule has 1 rings (SSSR count). The molecule has 0 aromatic heterocycles. The number of unbranched alkanes of at least 4 members (excludes halogenated alkanes) is 1. The van der Waals surface area contributed by atoms with Crippen LogP contribution >= 0.6 is 11.6 Å². The summed E-state index contributed by atoms with van der Waals surface area (Å²) in [5, 5.41) is 8.85. The van der Waals surface area contributed by atoms with Gasteiger partial charge >= 0.3 is 0 Å². The Labute approximate surface area is 102 Å². The first-order valence-corrected chi connectivity index (χ1v) is 7.86. The van der Waals surface area contributed by atoms with Gasteiger partial charge in [-0.15, -0.1) is 11.6 Å². The second kappa shape index (κ2) is 6.19. The molecule has 0 amide bonds. The minimum atomic E-state index is -3.16. The van der Waals surface area contributed by atoms with Gasteiger partial charge in [-0.3, -0.25) is 0 Å². The minimum absolute atomic E-state index is 0.0360. The molecule has 0 aliphatic heterocycles. The topological polar surface area (TPSA) is 66.4 Å². The molecule has 1 aliphatic rings. The van der Waals surface area contributed by atoms with Crippen molar-refractivity contribution < 1.29 is 13.5 Å². The van der Waals surface area contributed by atoms with E-state index in [1.165, 1.54) is 0 Å². The average molecular weight is 270 g/mol. The lowest BCUT2D eigenvalue weighted by Gasteiger charge is -2.14. The Morgan fingerprint density at radius 2 is 2.00 bits per heavy atom. The third-order valence-electron chi connectivity index (χ3n) is 3.06. The molecule has 1 saturated carbocycles. The van der Waals surface area contributed by atoms with Gasteiger partial charge in [-0.2, -0.15) is 0 Å².